The highest BCUT2D eigenvalue weighted by Gasteiger charge is 2.31. The molecule has 0 spiro atoms. The van der Waals surface area contributed by atoms with Crippen molar-refractivity contribution < 1.29 is 22.3 Å². The second kappa shape index (κ2) is 9.14. The van der Waals surface area contributed by atoms with E-state index in [1.807, 2.05) is 6.92 Å². The Morgan fingerprint density at radius 2 is 1.87 bits per heavy atom. The molecule has 8 heteroatoms. The number of hydrogen-bond donors (Lipinski definition) is 2. The summed E-state index contributed by atoms with van der Waals surface area (Å²) in [4.78, 5) is 12.5. The van der Waals surface area contributed by atoms with Crippen molar-refractivity contribution in [3.8, 4) is 5.75 Å². The van der Waals surface area contributed by atoms with Gasteiger partial charge in [-0.05, 0) is 48.6 Å². The fourth-order valence-electron chi connectivity index (χ4n) is 3.80. The summed E-state index contributed by atoms with van der Waals surface area (Å²) in [5.41, 5.74) is 0.00893. The molecule has 0 radical (unpaired) electrons. The normalized spacial score (nSPS) is 21.8. The fraction of sp³-hybridized carbons (Fsp3) is 0.409. The van der Waals surface area contributed by atoms with Gasteiger partial charge in [-0.1, -0.05) is 38.8 Å². The molecule has 0 aromatic heterocycles. The Morgan fingerprint density at radius 3 is 2.60 bits per heavy atom. The van der Waals surface area contributed by atoms with Crippen molar-refractivity contribution in [2.75, 3.05) is 12.4 Å². The van der Waals surface area contributed by atoms with Gasteiger partial charge in [-0.25, -0.2) is 17.5 Å². The van der Waals surface area contributed by atoms with E-state index in [1.54, 1.807) is 24.3 Å². The maximum absolute atomic E-state index is 14.4. The first-order chi connectivity index (χ1) is 14.2. The van der Waals surface area contributed by atoms with Crippen LogP contribution in [0.5, 0.6) is 5.75 Å². The largest absolute Gasteiger partial charge is 0.495 e. The topological polar surface area (TPSA) is 84.5 Å². The van der Waals surface area contributed by atoms with Gasteiger partial charge in [0, 0.05) is 6.04 Å². The molecule has 1 amide bonds. The molecule has 0 unspecified atom stereocenters. The van der Waals surface area contributed by atoms with Crippen molar-refractivity contribution in [2.45, 2.75) is 44.0 Å². The first kappa shape index (κ1) is 22.2. The Morgan fingerprint density at radius 1 is 1.13 bits per heavy atom. The summed E-state index contributed by atoms with van der Waals surface area (Å²) >= 11 is 0. The monoisotopic (exact) mass is 434 g/mol. The Balaban J connectivity index is 1.84. The minimum Gasteiger partial charge on any atom is -0.495 e. The summed E-state index contributed by atoms with van der Waals surface area (Å²) in [6.45, 7) is 4.15. The van der Waals surface area contributed by atoms with Crippen LogP contribution in [0.2, 0.25) is 0 Å². The van der Waals surface area contributed by atoms with Crippen LogP contribution in [-0.4, -0.2) is 27.5 Å². The Kier molecular flexibility index (Phi) is 6.77. The zero-order valence-electron chi connectivity index (χ0n) is 17.3. The van der Waals surface area contributed by atoms with Crippen molar-refractivity contribution in [1.82, 2.24) is 4.72 Å². The molecule has 2 N–H and O–H groups in total. The third kappa shape index (κ3) is 4.82. The highest BCUT2D eigenvalue weighted by Crippen LogP contribution is 2.31. The van der Waals surface area contributed by atoms with Crippen molar-refractivity contribution in [3.05, 3.63) is 53.8 Å². The highest BCUT2D eigenvalue weighted by atomic mass is 32.2. The molecular weight excluding hydrogens is 407 g/mol. The number of ether oxygens (including phenoxy) is 1. The molecular formula is C22H27FN2O4S. The number of methoxy groups -OCH3 is 1. The van der Waals surface area contributed by atoms with Crippen molar-refractivity contribution in [3.63, 3.8) is 0 Å². The van der Waals surface area contributed by atoms with E-state index in [-0.39, 0.29) is 22.4 Å². The summed E-state index contributed by atoms with van der Waals surface area (Å²) in [7, 11) is -2.44. The predicted molar refractivity (Wildman–Crippen MR) is 114 cm³/mol. The smallest absolute Gasteiger partial charge is 0.258 e. The average molecular weight is 435 g/mol. The number of benzene rings is 2. The zero-order chi connectivity index (χ0) is 21.9. The maximum Gasteiger partial charge on any atom is 0.258 e. The van der Waals surface area contributed by atoms with Crippen molar-refractivity contribution in [1.29, 1.82) is 0 Å². The zero-order valence-corrected chi connectivity index (χ0v) is 18.1. The van der Waals surface area contributed by atoms with Gasteiger partial charge in [-0.3, -0.25) is 4.79 Å². The van der Waals surface area contributed by atoms with E-state index in [2.05, 4.69) is 17.0 Å². The summed E-state index contributed by atoms with van der Waals surface area (Å²) in [5, 5.41) is 2.57. The molecule has 1 aliphatic rings. The standard InChI is InChI=1S/C22H27FN2O4S/c1-14-7-6-9-19(15(14)2)25-30(27,28)16-11-12-18(23)17(13-16)22(26)24-20-8-4-5-10-21(20)29-3/h4-5,8,10-15,19,25H,6-7,9H2,1-3H3,(H,24,26)/t14-,15-,19+/m0/s1. The molecule has 0 heterocycles. The lowest BCUT2D eigenvalue weighted by Crippen LogP contribution is -2.43. The molecule has 0 aliphatic heterocycles. The van der Waals surface area contributed by atoms with Gasteiger partial charge in [-0.2, -0.15) is 0 Å². The fourth-order valence-corrected chi connectivity index (χ4v) is 5.19. The molecule has 0 bridgehead atoms. The van der Waals surface area contributed by atoms with Gasteiger partial charge < -0.3 is 10.1 Å². The van der Waals surface area contributed by atoms with E-state index in [0.29, 0.717) is 17.4 Å². The predicted octanol–water partition coefficient (Wildman–Crippen LogP) is 4.19. The van der Waals surface area contributed by atoms with Crippen molar-refractivity contribution in [2.24, 2.45) is 11.8 Å². The number of anilines is 1. The van der Waals surface area contributed by atoms with E-state index in [1.165, 1.54) is 13.2 Å². The summed E-state index contributed by atoms with van der Waals surface area (Å²) in [5.74, 6) is -0.532. The lowest BCUT2D eigenvalue weighted by molar-refractivity contribution is 0.102. The molecule has 2 aromatic carbocycles. The summed E-state index contributed by atoms with van der Waals surface area (Å²) in [6, 6.07) is 9.76. The van der Waals surface area contributed by atoms with Crippen LogP contribution in [0.1, 0.15) is 43.5 Å². The SMILES string of the molecule is COc1ccccc1NC(=O)c1cc(S(=O)(=O)N[C@@H]2CCC[C@H](C)[C@@H]2C)ccc1F. The molecule has 162 valence electrons. The maximum atomic E-state index is 14.4. The summed E-state index contributed by atoms with van der Waals surface area (Å²) < 4.78 is 48.1. The van der Waals surface area contributed by atoms with Crippen LogP contribution in [0.15, 0.2) is 47.4 Å². The van der Waals surface area contributed by atoms with Gasteiger partial charge >= 0.3 is 0 Å². The van der Waals surface area contributed by atoms with Crippen LogP contribution < -0.4 is 14.8 Å². The molecule has 2 aromatic rings. The van der Waals surface area contributed by atoms with Crippen molar-refractivity contribution >= 4 is 21.6 Å². The molecule has 6 nitrogen and oxygen atoms in total. The number of sulfonamides is 1. The second-order valence-corrected chi connectivity index (χ2v) is 9.51. The van der Waals surface area contributed by atoms with Gasteiger partial charge in [0.15, 0.2) is 0 Å². The minimum absolute atomic E-state index is 0.139. The molecule has 1 saturated carbocycles. The van der Waals surface area contributed by atoms with E-state index in [9.17, 15) is 17.6 Å². The van der Waals surface area contributed by atoms with Gasteiger partial charge in [0.05, 0.1) is 23.3 Å². The second-order valence-electron chi connectivity index (χ2n) is 7.79. The van der Waals surface area contributed by atoms with Gasteiger partial charge in [-0.15, -0.1) is 0 Å². The first-order valence-electron chi connectivity index (χ1n) is 9.99. The van der Waals surface area contributed by atoms with Crippen LogP contribution in [-0.2, 0) is 10.0 Å². The lowest BCUT2D eigenvalue weighted by Gasteiger charge is -2.34. The van der Waals surface area contributed by atoms with E-state index in [4.69, 9.17) is 4.74 Å². The summed E-state index contributed by atoms with van der Waals surface area (Å²) in [6.07, 6.45) is 2.78. The Bertz CT molecular complexity index is 1030. The molecule has 1 fully saturated rings. The van der Waals surface area contributed by atoms with Crippen LogP contribution in [0.3, 0.4) is 0 Å². The number of para-hydroxylation sites is 2. The number of rotatable bonds is 6. The third-order valence-electron chi connectivity index (χ3n) is 5.86. The third-order valence-corrected chi connectivity index (χ3v) is 7.35. The van der Waals surface area contributed by atoms with Crippen LogP contribution >= 0.6 is 0 Å². The van der Waals surface area contributed by atoms with E-state index >= 15 is 0 Å². The van der Waals surface area contributed by atoms with Crippen LogP contribution in [0.4, 0.5) is 10.1 Å². The van der Waals surface area contributed by atoms with E-state index in [0.717, 1.165) is 31.4 Å². The molecule has 3 rings (SSSR count). The average Bonchev–Trinajstić information content (AvgIpc) is 2.71. The van der Waals surface area contributed by atoms with Gasteiger partial charge in [0.25, 0.3) is 5.91 Å². The number of nitrogens with one attached hydrogen (secondary N) is 2. The Labute approximate surface area is 176 Å². The number of hydrogen-bond acceptors (Lipinski definition) is 4. The highest BCUT2D eigenvalue weighted by molar-refractivity contribution is 7.89. The number of halogens is 1. The molecule has 30 heavy (non-hydrogen) atoms. The lowest BCUT2D eigenvalue weighted by atomic mass is 9.78. The number of amides is 1. The Hall–Kier alpha value is -2.45. The van der Waals surface area contributed by atoms with E-state index < -0.39 is 21.7 Å². The number of carbonyl (C=O) groups is 1. The van der Waals surface area contributed by atoms with Crippen LogP contribution in [0, 0.1) is 17.7 Å². The van der Waals surface area contributed by atoms with Gasteiger partial charge in [0.1, 0.15) is 11.6 Å². The van der Waals surface area contributed by atoms with Crippen LogP contribution in [0.25, 0.3) is 0 Å². The van der Waals surface area contributed by atoms with Gasteiger partial charge in [0.2, 0.25) is 10.0 Å². The molecule has 3 atom stereocenters. The molecule has 1 aliphatic carbocycles. The number of carbonyl (C=O) groups excluding carboxylic acids is 1. The first-order valence-corrected chi connectivity index (χ1v) is 11.5. The molecule has 0 saturated heterocycles. The quantitative estimate of drug-likeness (QED) is 0.714. The minimum atomic E-state index is -3.90.